The number of hydrogen-bond donors (Lipinski definition) is 3. The van der Waals surface area contributed by atoms with Crippen LogP contribution in [0.3, 0.4) is 0 Å². The number of esters is 1. The van der Waals surface area contributed by atoms with Gasteiger partial charge < -0.3 is 33.9 Å². The van der Waals surface area contributed by atoms with Gasteiger partial charge in [-0.15, -0.1) is 0 Å². The van der Waals surface area contributed by atoms with Gasteiger partial charge in [-0.1, -0.05) is 36.4 Å². The molecule has 4 rings (SSSR count). The quantitative estimate of drug-likeness (QED) is 0.255. The standard InChI is InChI=1S/C27H24O9/c1-33-15-9-10-16(20(11-15)34-2)17(12-21(29)35-3)22-24(30)26(32)25(31)23-18(28)13-19(36-27(22)23)14-7-5-4-6-8-14/h4-11,13,17,30-32H,12H2,1-3H3/t17-/m1/s1. The zero-order valence-electron chi connectivity index (χ0n) is 19.8. The van der Waals surface area contributed by atoms with Crippen molar-refractivity contribution in [1.29, 1.82) is 0 Å². The van der Waals surface area contributed by atoms with Gasteiger partial charge in [-0.3, -0.25) is 9.59 Å². The van der Waals surface area contributed by atoms with Crippen molar-refractivity contribution < 1.29 is 38.7 Å². The van der Waals surface area contributed by atoms with E-state index in [-0.39, 0.29) is 28.7 Å². The second-order valence-corrected chi connectivity index (χ2v) is 7.95. The molecule has 0 radical (unpaired) electrons. The Kier molecular flexibility index (Phi) is 6.73. The first-order valence-corrected chi connectivity index (χ1v) is 10.9. The lowest BCUT2D eigenvalue weighted by Gasteiger charge is -2.23. The topological polar surface area (TPSA) is 136 Å². The van der Waals surface area contributed by atoms with Crippen molar-refractivity contribution in [1.82, 2.24) is 0 Å². The summed E-state index contributed by atoms with van der Waals surface area (Å²) in [5, 5.41) is 31.8. The van der Waals surface area contributed by atoms with E-state index in [0.29, 0.717) is 22.6 Å². The van der Waals surface area contributed by atoms with Crippen molar-refractivity contribution in [3.63, 3.8) is 0 Å². The van der Waals surface area contributed by atoms with Crippen LogP contribution in [0.4, 0.5) is 0 Å². The van der Waals surface area contributed by atoms with E-state index in [4.69, 9.17) is 18.6 Å². The molecule has 3 N–H and O–H groups in total. The molecule has 0 saturated carbocycles. The van der Waals surface area contributed by atoms with E-state index in [0.717, 1.165) is 0 Å². The van der Waals surface area contributed by atoms with Crippen LogP contribution >= 0.6 is 0 Å². The van der Waals surface area contributed by atoms with Gasteiger partial charge >= 0.3 is 5.97 Å². The molecule has 0 fully saturated rings. The van der Waals surface area contributed by atoms with E-state index in [1.807, 2.05) is 0 Å². The van der Waals surface area contributed by atoms with Crippen LogP contribution < -0.4 is 14.9 Å². The number of phenolic OH excluding ortho intramolecular Hbond substituents is 3. The Labute approximate surface area is 205 Å². The Hall–Kier alpha value is -4.66. The highest BCUT2D eigenvalue weighted by atomic mass is 16.5. The molecule has 0 saturated heterocycles. The first kappa shape index (κ1) is 24.5. The molecule has 9 nitrogen and oxygen atoms in total. The van der Waals surface area contributed by atoms with Gasteiger partial charge in [-0.25, -0.2) is 0 Å². The van der Waals surface area contributed by atoms with E-state index in [1.54, 1.807) is 48.5 Å². The van der Waals surface area contributed by atoms with E-state index >= 15 is 0 Å². The fourth-order valence-electron chi connectivity index (χ4n) is 4.16. The number of aromatic hydroxyl groups is 3. The summed E-state index contributed by atoms with van der Waals surface area (Å²) in [5.74, 6) is -3.20. The Morgan fingerprint density at radius 1 is 0.917 bits per heavy atom. The van der Waals surface area contributed by atoms with Crippen LogP contribution in [0, 0.1) is 0 Å². The molecule has 0 unspecified atom stereocenters. The van der Waals surface area contributed by atoms with Gasteiger partial charge in [0.25, 0.3) is 0 Å². The minimum Gasteiger partial charge on any atom is -0.504 e. The first-order chi connectivity index (χ1) is 17.3. The SMILES string of the molecule is COC(=O)C[C@H](c1ccc(OC)cc1OC)c1c(O)c(O)c(O)c2c(=O)cc(-c3ccccc3)oc12. The molecule has 1 atom stereocenters. The van der Waals surface area contributed by atoms with Crippen molar-refractivity contribution in [2.24, 2.45) is 0 Å². The summed E-state index contributed by atoms with van der Waals surface area (Å²) in [6, 6.07) is 14.8. The molecule has 36 heavy (non-hydrogen) atoms. The summed E-state index contributed by atoms with van der Waals surface area (Å²) in [6.07, 6.45) is -0.314. The lowest BCUT2D eigenvalue weighted by atomic mass is 9.85. The van der Waals surface area contributed by atoms with Crippen molar-refractivity contribution >= 4 is 16.9 Å². The number of methoxy groups -OCH3 is 3. The largest absolute Gasteiger partial charge is 0.504 e. The van der Waals surface area contributed by atoms with Gasteiger partial charge in [-0.2, -0.15) is 0 Å². The summed E-state index contributed by atoms with van der Waals surface area (Å²) in [7, 11) is 4.12. The maximum Gasteiger partial charge on any atom is 0.306 e. The molecule has 1 heterocycles. The lowest BCUT2D eigenvalue weighted by molar-refractivity contribution is -0.140. The first-order valence-electron chi connectivity index (χ1n) is 10.9. The molecule has 0 bridgehead atoms. The third-order valence-corrected chi connectivity index (χ3v) is 5.95. The molecule has 4 aromatic rings. The van der Waals surface area contributed by atoms with E-state index in [1.165, 1.54) is 27.4 Å². The number of fused-ring (bicyclic) bond motifs is 1. The van der Waals surface area contributed by atoms with Crippen LogP contribution in [0.1, 0.15) is 23.5 Å². The summed E-state index contributed by atoms with van der Waals surface area (Å²) in [4.78, 5) is 25.6. The van der Waals surface area contributed by atoms with Crippen LogP contribution in [-0.4, -0.2) is 42.6 Å². The highest BCUT2D eigenvalue weighted by Gasteiger charge is 2.32. The number of phenols is 3. The second kappa shape index (κ2) is 9.91. The van der Waals surface area contributed by atoms with Crippen LogP contribution in [0.5, 0.6) is 28.7 Å². The monoisotopic (exact) mass is 492 g/mol. The molecule has 0 amide bonds. The summed E-state index contributed by atoms with van der Waals surface area (Å²) in [5.41, 5.74) is 0.0480. The predicted octanol–water partition coefficient (Wildman–Crippen LogP) is 4.29. The average Bonchev–Trinajstić information content (AvgIpc) is 2.90. The Morgan fingerprint density at radius 2 is 1.64 bits per heavy atom. The average molecular weight is 492 g/mol. The number of benzene rings is 3. The molecule has 0 aliphatic heterocycles. The molecule has 186 valence electrons. The molecule has 9 heteroatoms. The van der Waals surface area contributed by atoms with Crippen molar-refractivity contribution in [3.8, 4) is 40.1 Å². The number of hydrogen-bond acceptors (Lipinski definition) is 9. The lowest BCUT2D eigenvalue weighted by Crippen LogP contribution is -2.13. The summed E-state index contributed by atoms with van der Waals surface area (Å²) >= 11 is 0. The van der Waals surface area contributed by atoms with Gasteiger partial charge in [0.1, 0.15) is 28.2 Å². The molecule has 3 aromatic carbocycles. The van der Waals surface area contributed by atoms with E-state index < -0.39 is 34.6 Å². The van der Waals surface area contributed by atoms with Gasteiger partial charge in [0.05, 0.1) is 27.8 Å². The Morgan fingerprint density at radius 3 is 2.28 bits per heavy atom. The highest BCUT2D eigenvalue weighted by molar-refractivity contribution is 5.94. The fourth-order valence-corrected chi connectivity index (χ4v) is 4.16. The summed E-state index contributed by atoms with van der Waals surface area (Å²) < 4.78 is 21.7. The van der Waals surface area contributed by atoms with Crippen molar-refractivity contribution in [3.05, 3.63) is 75.9 Å². The molecular formula is C27H24O9. The molecule has 0 aliphatic rings. The van der Waals surface area contributed by atoms with Crippen LogP contribution in [0.15, 0.2) is 63.8 Å². The van der Waals surface area contributed by atoms with Gasteiger partial charge in [0.15, 0.2) is 16.9 Å². The van der Waals surface area contributed by atoms with E-state index in [9.17, 15) is 24.9 Å². The Bertz CT molecular complexity index is 1490. The third-order valence-electron chi connectivity index (χ3n) is 5.95. The zero-order chi connectivity index (χ0) is 26.0. The number of carbonyl (C=O) groups is 1. The highest BCUT2D eigenvalue weighted by Crippen LogP contribution is 2.50. The minimum atomic E-state index is -1.01. The van der Waals surface area contributed by atoms with Gasteiger partial charge in [-0.05, 0) is 6.07 Å². The number of rotatable bonds is 7. The normalized spacial score (nSPS) is 11.8. The number of carbonyl (C=O) groups excluding carboxylic acids is 1. The Balaban J connectivity index is 2.11. The van der Waals surface area contributed by atoms with Gasteiger partial charge in [0, 0.05) is 34.7 Å². The predicted molar refractivity (Wildman–Crippen MR) is 131 cm³/mol. The van der Waals surface area contributed by atoms with Crippen LogP contribution in [0.25, 0.3) is 22.3 Å². The number of ether oxygens (including phenoxy) is 3. The van der Waals surface area contributed by atoms with Crippen LogP contribution in [0.2, 0.25) is 0 Å². The second-order valence-electron chi connectivity index (χ2n) is 7.95. The molecule has 1 aromatic heterocycles. The maximum absolute atomic E-state index is 13.1. The van der Waals surface area contributed by atoms with Gasteiger partial charge in [0.2, 0.25) is 5.75 Å². The smallest absolute Gasteiger partial charge is 0.306 e. The summed E-state index contributed by atoms with van der Waals surface area (Å²) in [6.45, 7) is 0. The molecule has 0 aliphatic carbocycles. The molecular weight excluding hydrogens is 468 g/mol. The van der Waals surface area contributed by atoms with E-state index in [2.05, 4.69) is 0 Å². The van der Waals surface area contributed by atoms with Crippen molar-refractivity contribution in [2.45, 2.75) is 12.3 Å². The minimum absolute atomic E-state index is 0.0935. The zero-order valence-corrected chi connectivity index (χ0v) is 19.8. The molecule has 0 spiro atoms. The third kappa shape index (κ3) is 4.26. The van der Waals surface area contributed by atoms with Crippen molar-refractivity contribution in [2.75, 3.05) is 21.3 Å². The van der Waals surface area contributed by atoms with Crippen LogP contribution in [-0.2, 0) is 9.53 Å². The fraction of sp³-hybridized carbons (Fsp3) is 0.185. The maximum atomic E-state index is 13.1.